The molecule has 0 unspecified atom stereocenters. The van der Waals surface area contributed by atoms with Crippen molar-refractivity contribution in [2.75, 3.05) is 0 Å². The lowest BCUT2D eigenvalue weighted by Gasteiger charge is -1.98. The highest BCUT2D eigenvalue weighted by Gasteiger charge is 2.10. The zero-order valence-electron chi connectivity index (χ0n) is 10.0. The Hall–Kier alpha value is -0.790. The van der Waals surface area contributed by atoms with Crippen LogP contribution in [0.5, 0.6) is 0 Å². The summed E-state index contributed by atoms with van der Waals surface area (Å²) in [5.74, 6) is 0.191. The minimum absolute atomic E-state index is 0.222. The average Bonchev–Trinajstić information content (AvgIpc) is 2.72. The van der Waals surface area contributed by atoms with Gasteiger partial charge in [0.25, 0.3) is 0 Å². The second-order valence-electron chi connectivity index (χ2n) is 4.01. The molecular weight excluding hydrogens is 188 g/mol. The maximum absolute atomic E-state index is 9.37. The fraction of sp³-hybridized carbons (Fsp3) is 0.769. The van der Waals surface area contributed by atoms with E-state index < -0.39 is 5.97 Å². The Bertz CT molecular complexity index is 179. The van der Waals surface area contributed by atoms with Crippen LogP contribution in [-0.2, 0) is 4.79 Å². The van der Waals surface area contributed by atoms with Gasteiger partial charge in [-0.1, -0.05) is 45.3 Å². The molecule has 1 saturated carbocycles. The maximum atomic E-state index is 9.37. The maximum Gasteiger partial charge on any atom is 0.303 e. The Morgan fingerprint density at radius 2 is 1.87 bits per heavy atom. The quantitative estimate of drug-likeness (QED) is 0.715. The highest BCUT2D eigenvalue weighted by Crippen LogP contribution is 2.25. The largest absolute Gasteiger partial charge is 0.481 e. The Morgan fingerprint density at radius 3 is 2.27 bits per heavy atom. The molecule has 1 N–H and O–H groups in total. The van der Waals surface area contributed by atoms with Crippen molar-refractivity contribution in [1.82, 2.24) is 0 Å². The van der Waals surface area contributed by atoms with Gasteiger partial charge in [0.15, 0.2) is 0 Å². The van der Waals surface area contributed by atoms with Crippen LogP contribution < -0.4 is 0 Å². The summed E-state index contributed by atoms with van der Waals surface area (Å²) in [7, 11) is 0. The fourth-order valence-corrected chi connectivity index (χ4v) is 1.61. The van der Waals surface area contributed by atoms with Gasteiger partial charge in [-0.25, -0.2) is 0 Å². The molecule has 0 atom stereocenters. The number of aliphatic carboxylic acids is 1. The van der Waals surface area contributed by atoms with E-state index in [0.717, 1.165) is 5.92 Å². The lowest BCUT2D eigenvalue weighted by molar-refractivity contribution is -0.136. The SMILES string of the molecule is CCC(=O)O.CCC/C=C/C1CCCC1. The summed E-state index contributed by atoms with van der Waals surface area (Å²) in [5, 5.41) is 7.72. The molecule has 15 heavy (non-hydrogen) atoms. The second-order valence-corrected chi connectivity index (χ2v) is 4.01. The molecule has 1 aliphatic carbocycles. The van der Waals surface area contributed by atoms with Crippen LogP contribution in [0.25, 0.3) is 0 Å². The Morgan fingerprint density at radius 1 is 1.33 bits per heavy atom. The van der Waals surface area contributed by atoms with E-state index in [0.29, 0.717) is 0 Å². The van der Waals surface area contributed by atoms with Gasteiger partial charge >= 0.3 is 5.97 Å². The van der Waals surface area contributed by atoms with Crippen LogP contribution in [0.2, 0.25) is 0 Å². The van der Waals surface area contributed by atoms with E-state index in [9.17, 15) is 4.79 Å². The first kappa shape index (κ1) is 14.2. The van der Waals surface area contributed by atoms with Gasteiger partial charge in [0.2, 0.25) is 0 Å². The molecule has 2 heteroatoms. The van der Waals surface area contributed by atoms with Crippen molar-refractivity contribution in [2.45, 2.75) is 58.8 Å². The number of hydrogen-bond donors (Lipinski definition) is 1. The molecule has 1 fully saturated rings. The van der Waals surface area contributed by atoms with Crippen LogP contribution in [0.1, 0.15) is 58.8 Å². The first-order valence-electron chi connectivity index (χ1n) is 6.09. The third kappa shape index (κ3) is 9.51. The molecule has 0 radical (unpaired) electrons. The van der Waals surface area contributed by atoms with Crippen LogP contribution in [-0.4, -0.2) is 11.1 Å². The van der Waals surface area contributed by atoms with Crippen molar-refractivity contribution >= 4 is 5.97 Å². The smallest absolute Gasteiger partial charge is 0.303 e. The second kappa shape index (κ2) is 9.75. The Kier molecular flexibility index (Phi) is 9.24. The van der Waals surface area contributed by atoms with Gasteiger partial charge in [0.05, 0.1) is 0 Å². The minimum atomic E-state index is -0.745. The molecule has 1 rings (SSSR count). The van der Waals surface area contributed by atoms with E-state index in [1.54, 1.807) is 6.92 Å². The van der Waals surface area contributed by atoms with Gasteiger partial charge in [0.1, 0.15) is 0 Å². The van der Waals surface area contributed by atoms with Gasteiger partial charge < -0.3 is 5.11 Å². The molecule has 0 bridgehead atoms. The van der Waals surface area contributed by atoms with Crippen LogP contribution in [0.4, 0.5) is 0 Å². The molecule has 0 heterocycles. The average molecular weight is 212 g/mol. The number of carbonyl (C=O) groups is 1. The van der Waals surface area contributed by atoms with Crippen LogP contribution in [0.3, 0.4) is 0 Å². The number of hydrogen-bond acceptors (Lipinski definition) is 1. The summed E-state index contributed by atoms with van der Waals surface area (Å²) in [4.78, 5) is 9.37. The van der Waals surface area contributed by atoms with E-state index in [1.807, 2.05) is 0 Å². The van der Waals surface area contributed by atoms with E-state index in [-0.39, 0.29) is 6.42 Å². The Labute approximate surface area is 93.4 Å². The van der Waals surface area contributed by atoms with E-state index in [1.165, 1.54) is 38.5 Å². The van der Waals surface area contributed by atoms with Gasteiger partial charge in [-0.05, 0) is 25.2 Å². The predicted molar refractivity (Wildman–Crippen MR) is 63.9 cm³/mol. The van der Waals surface area contributed by atoms with Gasteiger partial charge in [0, 0.05) is 6.42 Å². The van der Waals surface area contributed by atoms with Crippen LogP contribution in [0, 0.1) is 5.92 Å². The zero-order chi connectivity index (χ0) is 11.5. The monoisotopic (exact) mass is 212 g/mol. The Balaban J connectivity index is 0.000000336. The van der Waals surface area contributed by atoms with E-state index >= 15 is 0 Å². The highest BCUT2D eigenvalue weighted by molar-refractivity contribution is 5.66. The molecular formula is C13H24O2. The van der Waals surface area contributed by atoms with Crippen molar-refractivity contribution < 1.29 is 9.90 Å². The molecule has 0 amide bonds. The lowest BCUT2D eigenvalue weighted by atomic mass is 10.1. The number of carboxylic acid groups (broad SMARTS) is 1. The molecule has 0 aliphatic heterocycles. The minimum Gasteiger partial charge on any atom is -0.481 e. The third-order valence-corrected chi connectivity index (χ3v) is 2.57. The number of carboxylic acids is 1. The summed E-state index contributed by atoms with van der Waals surface area (Å²) in [6.45, 7) is 3.83. The molecule has 0 aromatic heterocycles. The molecule has 1 aliphatic rings. The fourth-order valence-electron chi connectivity index (χ4n) is 1.61. The van der Waals surface area contributed by atoms with Crippen molar-refractivity contribution in [3.8, 4) is 0 Å². The first-order chi connectivity index (χ1) is 7.20. The number of allylic oxidation sites excluding steroid dienone is 2. The molecule has 0 spiro atoms. The number of unbranched alkanes of at least 4 members (excludes halogenated alkanes) is 1. The normalized spacial score (nSPS) is 16.4. The first-order valence-corrected chi connectivity index (χ1v) is 6.09. The third-order valence-electron chi connectivity index (χ3n) is 2.57. The summed E-state index contributed by atoms with van der Waals surface area (Å²) < 4.78 is 0. The van der Waals surface area contributed by atoms with E-state index in [4.69, 9.17) is 5.11 Å². The topological polar surface area (TPSA) is 37.3 Å². The van der Waals surface area contributed by atoms with Crippen LogP contribution in [0.15, 0.2) is 12.2 Å². The molecule has 0 aromatic rings. The van der Waals surface area contributed by atoms with Crippen molar-refractivity contribution in [2.24, 2.45) is 5.92 Å². The van der Waals surface area contributed by atoms with Gasteiger partial charge in [-0.2, -0.15) is 0 Å². The van der Waals surface area contributed by atoms with Crippen molar-refractivity contribution in [3.05, 3.63) is 12.2 Å². The molecule has 2 nitrogen and oxygen atoms in total. The molecule has 0 aromatic carbocycles. The zero-order valence-corrected chi connectivity index (χ0v) is 10.0. The predicted octanol–water partition coefficient (Wildman–Crippen LogP) is 4.01. The van der Waals surface area contributed by atoms with Gasteiger partial charge in [-0.3, -0.25) is 4.79 Å². The van der Waals surface area contributed by atoms with Crippen LogP contribution >= 0.6 is 0 Å². The molecule has 0 saturated heterocycles. The summed E-state index contributed by atoms with van der Waals surface area (Å²) in [6, 6.07) is 0. The van der Waals surface area contributed by atoms with E-state index in [2.05, 4.69) is 19.1 Å². The number of rotatable bonds is 4. The lowest BCUT2D eigenvalue weighted by Crippen LogP contribution is -1.86. The highest BCUT2D eigenvalue weighted by atomic mass is 16.4. The van der Waals surface area contributed by atoms with Crippen molar-refractivity contribution in [3.63, 3.8) is 0 Å². The van der Waals surface area contributed by atoms with Gasteiger partial charge in [-0.15, -0.1) is 0 Å². The summed E-state index contributed by atoms with van der Waals surface area (Å²) in [6.07, 6.45) is 13.4. The van der Waals surface area contributed by atoms with Crippen molar-refractivity contribution in [1.29, 1.82) is 0 Å². The summed E-state index contributed by atoms with van der Waals surface area (Å²) >= 11 is 0. The molecule has 88 valence electrons. The summed E-state index contributed by atoms with van der Waals surface area (Å²) in [5.41, 5.74) is 0. The standard InChI is InChI=1S/C10H18.C3H6O2/c1-2-3-4-7-10-8-5-6-9-10;1-2-3(4)5/h4,7,10H,2-3,5-6,8-9H2,1H3;2H2,1H3,(H,4,5)/b7-4+;.